The molecule has 8 rings (SSSR count). The van der Waals surface area contributed by atoms with Crippen molar-refractivity contribution in [3.63, 3.8) is 0 Å². The van der Waals surface area contributed by atoms with Crippen molar-refractivity contribution in [2.45, 2.75) is 88.4 Å². The van der Waals surface area contributed by atoms with Gasteiger partial charge in [-0.2, -0.15) is 5.06 Å². The maximum atomic E-state index is 14.5. The molecule has 1 spiro atoms. The van der Waals surface area contributed by atoms with Gasteiger partial charge in [0, 0.05) is 50.3 Å². The van der Waals surface area contributed by atoms with Crippen LogP contribution in [-0.2, 0) is 71.9 Å². The highest BCUT2D eigenvalue weighted by Gasteiger charge is 2.76. The number of fused-ring (bicyclic) bond motifs is 5. The molecule has 15 nitrogen and oxygen atoms in total. The van der Waals surface area contributed by atoms with Crippen LogP contribution in [0.2, 0.25) is 0 Å². The molecule has 4 aliphatic heterocycles. The zero-order chi connectivity index (χ0) is 37.8. The van der Waals surface area contributed by atoms with Gasteiger partial charge in [0.25, 0.3) is 0 Å². The first-order valence-corrected chi connectivity index (χ1v) is 18.3. The SMILES string of the molecule is CC1(C)COC(=O)[C@@H]1OC(=O)C=Cc1ccccc1CN1O[C@@H]2[C@H]3OC4(Cc5ccccc5C4)O[C@H]3[C@@H]3C[C@]2(C(=O)NCCC(=O)NCCO)[C@@H]1C(=O)O3. The number of ether oxygens (including phenoxy) is 5. The molecular weight excluding hydrogens is 702 g/mol. The fourth-order valence-electron chi connectivity index (χ4n) is 8.75. The van der Waals surface area contributed by atoms with E-state index in [1.165, 1.54) is 11.1 Å². The fraction of sp³-hybridized carbons (Fsp3) is 0.513. The first-order chi connectivity index (χ1) is 25.9. The van der Waals surface area contributed by atoms with E-state index in [0.717, 1.165) is 11.1 Å². The minimum absolute atomic E-state index is 0.0127. The molecule has 15 heteroatoms. The molecule has 3 N–H and O–H groups in total. The number of hydrogen-bond donors (Lipinski definition) is 3. The van der Waals surface area contributed by atoms with E-state index in [4.69, 9.17) is 33.6 Å². The summed E-state index contributed by atoms with van der Waals surface area (Å²) < 4.78 is 30.1. The van der Waals surface area contributed by atoms with E-state index in [1.54, 1.807) is 38.1 Å². The van der Waals surface area contributed by atoms with Crippen molar-refractivity contribution in [1.29, 1.82) is 0 Å². The molecule has 5 fully saturated rings. The van der Waals surface area contributed by atoms with Gasteiger partial charge in [-0.25, -0.2) is 9.59 Å². The lowest BCUT2D eigenvalue weighted by molar-refractivity contribution is -0.217. The molecule has 2 bridgehead atoms. The van der Waals surface area contributed by atoms with Crippen LogP contribution >= 0.6 is 0 Å². The van der Waals surface area contributed by atoms with Crippen LogP contribution in [0, 0.1) is 10.8 Å². The number of nitrogens with zero attached hydrogens (tertiary/aromatic N) is 1. The number of carbonyl (C=O) groups is 5. The molecule has 2 aromatic rings. The molecule has 2 aliphatic carbocycles. The average Bonchev–Trinajstić information content (AvgIpc) is 3.88. The van der Waals surface area contributed by atoms with Gasteiger partial charge in [-0.3, -0.25) is 19.2 Å². The summed E-state index contributed by atoms with van der Waals surface area (Å²) in [6.07, 6.45) is -0.412. The Balaban J connectivity index is 1.07. The third kappa shape index (κ3) is 6.27. The van der Waals surface area contributed by atoms with Gasteiger partial charge >= 0.3 is 17.9 Å². The number of esters is 3. The Bertz CT molecular complexity index is 1870. The fourth-order valence-corrected chi connectivity index (χ4v) is 8.75. The van der Waals surface area contributed by atoms with Crippen LogP contribution in [0.4, 0.5) is 0 Å². The second-order valence-electron chi connectivity index (χ2n) is 15.4. The molecule has 1 saturated carbocycles. The molecule has 0 aromatic heterocycles. The van der Waals surface area contributed by atoms with E-state index in [9.17, 15) is 24.0 Å². The van der Waals surface area contributed by atoms with Gasteiger partial charge in [0.15, 0.2) is 11.8 Å². The standard InChI is InChI=1S/C39H43N3O12/c1-37(2)21-49-35(47)33(37)51-28(45)12-11-22-7-3-6-10-25(22)20-42-31-34(46)50-26-19-39(31,36(48)41-14-13-27(44)40-15-16-43)32(54-42)30-29(26)52-38(53-30)17-23-8-4-5-9-24(23)18-38/h3-12,26,29-33,43H,13-21H2,1-2H3,(H,40,44)(H,41,48)/t26-,29-,30-,31-,32+,33-,39-/m0/s1. The van der Waals surface area contributed by atoms with E-state index >= 15 is 0 Å². The number of hydrogen-bond acceptors (Lipinski definition) is 13. The lowest BCUT2D eigenvalue weighted by Gasteiger charge is -2.48. The Labute approximate surface area is 311 Å². The van der Waals surface area contributed by atoms with E-state index < -0.39 is 77.0 Å². The topological polar surface area (TPSA) is 188 Å². The van der Waals surface area contributed by atoms with Crippen molar-refractivity contribution in [3.05, 3.63) is 76.9 Å². The number of aliphatic hydroxyl groups is 1. The van der Waals surface area contributed by atoms with E-state index in [0.29, 0.717) is 24.0 Å². The zero-order valence-corrected chi connectivity index (χ0v) is 30.0. The zero-order valence-electron chi connectivity index (χ0n) is 30.0. The largest absolute Gasteiger partial charge is 0.462 e. The lowest BCUT2D eigenvalue weighted by Crippen LogP contribution is -2.69. The highest BCUT2D eigenvalue weighted by atomic mass is 16.8. The number of aliphatic hydroxyl groups excluding tert-OH is 1. The van der Waals surface area contributed by atoms with Crippen LogP contribution < -0.4 is 10.6 Å². The Kier molecular flexibility index (Phi) is 9.33. The minimum Gasteiger partial charge on any atom is -0.462 e. The molecule has 4 heterocycles. The van der Waals surface area contributed by atoms with E-state index in [1.807, 2.05) is 30.3 Å². The average molecular weight is 746 g/mol. The third-order valence-corrected chi connectivity index (χ3v) is 11.3. The number of cyclic esters (lactones) is 1. The molecule has 4 saturated heterocycles. The van der Waals surface area contributed by atoms with Crippen LogP contribution in [0.1, 0.15) is 48.9 Å². The normalized spacial score (nSPS) is 31.2. The molecule has 54 heavy (non-hydrogen) atoms. The maximum absolute atomic E-state index is 14.5. The first-order valence-electron chi connectivity index (χ1n) is 18.3. The predicted molar refractivity (Wildman–Crippen MR) is 185 cm³/mol. The van der Waals surface area contributed by atoms with Crippen molar-refractivity contribution >= 4 is 35.8 Å². The second kappa shape index (κ2) is 13.9. The summed E-state index contributed by atoms with van der Waals surface area (Å²) in [5.74, 6) is -3.80. The Morgan fingerprint density at radius 3 is 2.41 bits per heavy atom. The van der Waals surface area contributed by atoms with Gasteiger partial charge in [-0.05, 0) is 28.3 Å². The quantitative estimate of drug-likeness (QED) is 0.167. The van der Waals surface area contributed by atoms with Gasteiger partial charge in [0.05, 0.1) is 13.2 Å². The van der Waals surface area contributed by atoms with Gasteiger partial charge in [0.1, 0.15) is 36.4 Å². The van der Waals surface area contributed by atoms with Crippen molar-refractivity contribution in [3.8, 4) is 0 Å². The highest BCUT2D eigenvalue weighted by Crippen LogP contribution is 2.58. The summed E-state index contributed by atoms with van der Waals surface area (Å²) in [7, 11) is 0. The molecule has 2 amide bonds. The number of amides is 2. The third-order valence-electron chi connectivity index (χ3n) is 11.3. The van der Waals surface area contributed by atoms with Crippen LogP contribution in [0.15, 0.2) is 54.6 Å². The number of hydroxylamine groups is 2. The molecule has 7 atom stereocenters. The van der Waals surface area contributed by atoms with Gasteiger partial charge < -0.3 is 39.4 Å². The number of carbonyl (C=O) groups excluding carboxylic acids is 5. The van der Waals surface area contributed by atoms with Crippen LogP contribution in [0.25, 0.3) is 6.08 Å². The van der Waals surface area contributed by atoms with Crippen molar-refractivity contribution in [2.24, 2.45) is 10.8 Å². The molecule has 286 valence electrons. The number of rotatable bonds is 11. The Morgan fingerprint density at radius 1 is 0.963 bits per heavy atom. The highest BCUT2D eigenvalue weighted by molar-refractivity contribution is 5.94. The van der Waals surface area contributed by atoms with Crippen molar-refractivity contribution in [2.75, 3.05) is 26.3 Å². The van der Waals surface area contributed by atoms with Crippen molar-refractivity contribution in [1.82, 2.24) is 15.7 Å². The minimum atomic E-state index is -1.46. The van der Waals surface area contributed by atoms with Gasteiger partial charge in [0.2, 0.25) is 17.9 Å². The Hall–Kier alpha value is -4.67. The summed E-state index contributed by atoms with van der Waals surface area (Å²) >= 11 is 0. The first kappa shape index (κ1) is 36.3. The molecule has 6 aliphatic rings. The van der Waals surface area contributed by atoms with Gasteiger partial charge in [-0.1, -0.05) is 62.4 Å². The summed E-state index contributed by atoms with van der Waals surface area (Å²) in [6, 6.07) is 14.0. The summed E-state index contributed by atoms with van der Waals surface area (Å²) in [6.45, 7) is 3.59. The molecular formula is C39H43N3O12. The van der Waals surface area contributed by atoms with Crippen LogP contribution in [-0.4, -0.2) is 109 Å². The molecule has 0 unspecified atom stereocenters. The Morgan fingerprint density at radius 2 is 1.69 bits per heavy atom. The molecule has 2 aromatic carbocycles. The summed E-state index contributed by atoms with van der Waals surface area (Å²) in [5, 5.41) is 16.0. The summed E-state index contributed by atoms with van der Waals surface area (Å²) in [5.41, 5.74) is 1.33. The predicted octanol–water partition coefficient (Wildman–Crippen LogP) is 0.888. The lowest BCUT2D eigenvalue weighted by atomic mass is 9.62. The smallest absolute Gasteiger partial charge is 0.348 e. The van der Waals surface area contributed by atoms with Gasteiger partial charge in [-0.15, -0.1) is 0 Å². The number of nitrogens with one attached hydrogen (secondary N) is 2. The van der Waals surface area contributed by atoms with Crippen LogP contribution in [0.5, 0.6) is 0 Å². The molecule has 0 radical (unpaired) electrons. The van der Waals surface area contributed by atoms with E-state index in [2.05, 4.69) is 10.6 Å². The van der Waals surface area contributed by atoms with E-state index in [-0.39, 0.29) is 51.6 Å². The summed E-state index contributed by atoms with van der Waals surface area (Å²) in [4.78, 5) is 72.5. The number of benzene rings is 2. The maximum Gasteiger partial charge on any atom is 0.348 e. The van der Waals surface area contributed by atoms with Crippen LogP contribution in [0.3, 0.4) is 0 Å². The van der Waals surface area contributed by atoms with Crippen molar-refractivity contribution < 1.29 is 57.6 Å². The second-order valence-corrected chi connectivity index (χ2v) is 15.4. The monoisotopic (exact) mass is 745 g/mol.